The third-order valence-electron chi connectivity index (χ3n) is 2.57. The second-order valence-corrected chi connectivity index (χ2v) is 4.12. The minimum absolute atomic E-state index is 0.0778. The molecular weight excluding hydrogens is 252 g/mol. The molecule has 3 N–H and O–H groups in total. The third kappa shape index (κ3) is 2.00. The van der Waals surface area contributed by atoms with Crippen molar-refractivity contribution in [3.63, 3.8) is 0 Å². The lowest BCUT2D eigenvalue weighted by molar-refractivity contribution is 0.412. The van der Waals surface area contributed by atoms with E-state index >= 15 is 0 Å². The van der Waals surface area contributed by atoms with E-state index in [1.165, 1.54) is 0 Å². The van der Waals surface area contributed by atoms with Crippen LogP contribution in [0.25, 0.3) is 11.3 Å². The molecule has 0 fully saturated rings. The zero-order valence-electron chi connectivity index (χ0n) is 9.93. The topological polar surface area (TPSA) is 85.9 Å². The van der Waals surface area contributed by atoms with Crippen LogP contribution in [0.4, 0.5) is 0 Å². The fraction of sp³-hybridized carbons (Fsp3) is 0.182. The van der Waals surface area contributed by atoms with Crippen LogP contribution in [0.15, 0.2) is 23.0 Å². The van der Waals surface area contributed by atoms with Crippen molar-refractivity contribution in [2.75, 3.05) is 13.0 Å². The molecule has 0 aliphatic rings. The van der Waals surface area contributed by atoms with Crippen LogP contribution in [0.2, 0.25) is 0 Å². The zero-order chi connectivity index (χ0) is 13.3. The van der Waals surface area contributed by atoms with Gasteiger partial charge in [-0.25, -0.2) is 0 Å². The Balaban J connectivity index is 2.63. The Bertz CT molecular complexity index is 705. The number of rotatable bonds is 2. The number of aromatic amines is 1. The van der Waals surface area contributed by atoms with Crippen LogP contribution in [0.5, 0.6) is 5.75 Å². The molecule has 0 radical (unpaired) electrons. The van der Waals surface area contributed by atoms with Crippen molar-refractivity contribution < 1.29 is 4.74 Å². The Morgan fingerprint density at radius 1 is 1.50 bits per heavy atom. The Labute approximate surface area is 108 Å². The lowest BCUT2D eigenvalue weighted by atomic mass is 10.1. The smallest absolute Gasteiger partial charge is 0.299 e. The van der Waals surface area contributed by atoms with E-state index in [9.17, 15) is 4.79 Å². The number of nitrogens with one attached hydrogen (secondary N) is 1. The summed E-state index contributed by atoms with van der Waals surface area (Å²) in [4.78, 5) is 11.9. The number of aromatic nitrogens is 3. The van der Waals surface area contributed by atoms with E-state index < -0.39 is 5.56 Å². The quantitative estimate of drug-likeness (QED) is 0.624. The fourth-order valence-electron chi connectivity index (χ4n) is 1.63. The van der Waals surface area contributed by atoms with Crippen molar-refractivity contribution in [3.8, 4) is 17.0 Å². The average molecular weight is 264 g/mol. The highest BCUT2D eigenvalue weighted by atomic mass is 32.1. The first-order valence-corrected chi connectivity index (χ1v) is 5.57. The van der Waals surface area contributed by atoms with Crippen LogP contribution in [0.1, 0.15) is 5.56 Å². The van der Waals surface area contributed by atoms with Gasteiger partial charge in [-0.3, -0.25) is 9.89 Å². The van der Waals surface area contributed by atoms with Crippen molar-refractivity contribution in [1.29, 1.82) is 0 Å². The maximum absolute atomic E-state index is 11.9. The second kappa shape index (κ2) is 4.61. The van der Waals surface area contributed by atoms with Crippen molar-refractivity contribution in [3.05, 3.63) is 38.9 Å². The van der Waals surface area contributed by atoms with Gasteiger partial charge in [0.2, 0.25) is 4.77 Å². The summed E-state index contributed by atoms with van der Waals surface area (Å²) >= 11 is 4.82. The maximum Gasteiger partial charge on any atom is 0.299 e. The van der Waals surface area contributed by atoms with Crippen LogP contribution >= 0.6 is 12.2 Å². The molecule has 2 rings (SSSR count). The van der Waals surface area contributed by atoms with Crippen molar-refractivity contribution in [2.45, 2.75) is 6.92 Å². The van der Waals surface area contributed by atoms with E-state index in [0.29, 0.717) is 5.56 Å². The largest absolute Gasteiger partial charge is 0.496 e. The van der Waals surface area contributed by atoms with Crippen molar-refractivity contribution >= 4 is 12.2 Å². The first kappa shape index (κ1) is 12.3. The molecule has 1 aromatic carbocycles. The predicted octanol–water partition coefficient (Wildman–Crippen LogP) is 0.999. The van der Waals surface area contributed by atoms with Gasteiger partial charge in [0.1, 0.15) is 5.75 Å². The molecule has 2 aromatic rings. The molecule has 0 amide bonds. The Hall–Kier alpha value is -2.15. The van der Waals surface area contributed by atoms with E-state index in [1.807, 2.05) is 6.92 Å². The van der Waals surface area contributed by atoms with Gasteiger partial charge >= 0.3 is 0 Å². The summed E-state index contributed by atoms with van der Waals surface area (Å²) in [6.07, 6.45) is 0. The number of methoxy groups -OCH3 is 1. The standard InChI is InChI=1S/C11H12N4O2S/c1-6-5-7(3-4-8(6)17-2)9-10(16)15(12)11(18)14-13-9/h3-5H,12H2,1-2H3,(H,14,18). The molecule has 1 aromatic heterocycles. The number of hydrogen-bond donors (Lipinski definition) is 2. The predicted molar refractivity (Wildman–Crippen MR) is 70.6 cm³/mol. The normalized spacial score (nSPS) is 10.3. The van der Waals surface area contributed by atoms with Crippen LogP contribution in [-0.4, -0.2) is 22.0 Å². The summed E-state index contributed by atoms with van der Waals surface area (Å²) < 4.78 is 6.09. The maximum atomic E-state index is 11.9. The minimum Gasteiger partial charge on any atom is -0.496 e. The Morgan fingerprint density at radius 3 is 2.83 bits per heavy atom. The second-order valence-electron chi connectivity index (χ2n) is 3.74. The van der Waals surface area contributed by atoms with E-state index in [0.717, 1.165) is 16.0 Å². The SMILES string of the molecule is COc1ccc(-c2n[nH]c(=S)n(N)c2=O)cc1C. The van der Waals surface area contributed by atoms with Crippen LogP contribution < -0.4 is 16.1 Å². The van der Waals surface area contributed by atoms with Crippen LogP contribution in [-0.2, 0) is 0 Å². The molecule has 0 aliphatic heterocycles. The van der Waals surface area contributed by atoms with E-state index in [1.54, 1.807) is 25.3 Å². The van der Waals surface area contributed by atoms with Gasteiger partial charge in [0.25, 0.3) is 5.56 Å². The van der Waals surface area contributed by atoms with Crippen molar-refractivity contribution in [2.24, 2.45) is 0 Å². The van der Waals surface area contributed by atoms with E-state index in [4.69, 9.17) is 22.8 Å². The highest BCUT2D eigenvalue weighted by molar-refractivity contribution is 7.71. The van der Waals surface area contributed by atoms with Gasteiger partial charge in [-0.2, -0.15) is 9.77 Å². The summed E-state index contributed by atoms with van der Waals surface area (Å²) in [7, 11) is 1.59. The molecule has 94 valence electrons. The van der Waals surface area contributed by atoms with Crippen molar-refractivity contribution in [1.82, 2.24) is 14.9 Å². The first-order valence-electron chi connectivity index (χ1n) is 5.16. The molecule has 1 heterocycles. The molecule has 7 heteroatoms. The van der Waals surface area contributed by atoms with Crippen LogP contribution in [0.3, 0.4) is 0 Å². The van der Waals surface area contributed by atoms with Gasteiger partial charge in [0.05, 0.1) is 7.11 Å². The summed E-state index contributed by atoms with van der Waals surface area (Å²) in [5, 5.41) is 6.45. The molecule has 0 bridgehead atoms. The molecular formula is C11H12N4O2S. The number of aryl methyl sites for hydroxylation is 1. The first-order chi connectivity index (χ1) is 8.54. The van der Waals surface area contributed by atoms with E-state index in [-0.39, 0.29) is 10.5 Å². The van der Waals surface area contributed by atoms with Gasteiger partial charge < -0.3 is 10.6 Å². The number of hydrogen-bond acceptors (Lipinski definition) is 5. The summed E-state index contributed by atoms with van der Waals surface area (Å²) in [5.41, 5.74) is 1.34. The Morgan fingerprint density at radius 2 is 2.22 bits per heavy atom. The lowest BCUT2D eigenvalue weighted by Gasteiger charge is -2.07. The number of nitrogen functional groups attached to an aromatic ring is 1. The third-order valence-corrected chi connectivity index (χ3v) is 2.86. The number of nitrogens with zero attached hydrogens (tertiary/aromatic N) is 2. The molecule has 0 atom stereocenters. The lowest BCUT2D eigenvalue weighted by Crippen LogP contribution is -2.30. The Kier molecular flexibility index (Phi) is 3.15. The number of nitrogens with two attached hydrogens (primary N) is 1. The minimum atomic E-state index is -0.441. The van der Waals surface area contributed by atoms with Gasteiger partial charge in [0.15, 0.2) is 5.69 Å². The average Bonchev–Trinajstić information content (AvgIpc) is 2.36. The highest BCUT2D eigenvalue weighted by Crippen LogP contribution is 2.22. The number of H-pyrrole nitrogens is 1. The van der Waals surface area contributed by atoms with Gasteiger partial charge in [-0.1, -0.05) is 0 Å². The fourth-order valence-corrected chi connectivity index (χ4v) is 1.75. The van der Waals surface area contributed by atoms with Crippen LogP contribution in [0, 0.1) is 11.7 Å². The number of benzene rings is 1. The highest BCUT2D eigenvalue weighted by Gasteiger charge is 2.09. The van der Waals surface area contributed by atoms with Gasteiger partial charge in [-0.05, 0) is 42.9 Å². The molecule has 0 saturated heterocycles. The molecule has 0 unspecified atom stereocenters. The summed E-state index contributed by atoms with van der Waals surface area (Å²) in [6.45, 7) is 1.88. The number of ether oxygens (including phenoxy) is 1. The monoisotopic (exact) mass is 264 g/mol. The van der Waals surface area contributed by atoms with E-state index in [2.05, 4.69) is 10.2 Å². The summed E-state index contributed by atoms with van der Waals surface area (Å²) in [5.74, 6) is 6.26. The molecule has 0 spiro atoms. The van der Waals surface area contributed by atoms with Gasteiger partial charge in [-0.15, -0.1) is 0 Å². The zero-order valence-corrected chi connectivity index (χ0v) is 10.7. The molecule has 0 saturated carbocycles. The summed E-state index contributed by atoms with van der Waals surface area (Å²) in [6, 6.07) is 5.32. The molecule has 6 nitrogen and oxygen atoms in total. The molecule has 18 heavy (non-hydrogen) atoms. The van der Waals surface area contributed by atoms with Gasteiger partial charge in [0, 0.05) is 5.56 Å². The molecule has 0 aliphatic carbocycles.